The Bertz CT molecular complexity index is 568. The minimum absolute atomic E-state index is 0.260. The first-order chi connectivity index (χ1) is 11.1. The van der Waals surface area contributed by atoms with Crippen molar-refractivity contribution in [2.45, 2.75) is 31.2 Å². The molecule has 1 aliphatic rings. The molecule has 1 fully saturated rings. The van der Waals surface area contributed by atoms with Crippen molar-refractivity contribution in [3.05, 3.63) is 24.3 Å². The molecule has 0 saturated carbocycles. The molecular formula is C14H14F5NO4. The van der Waals surface area contributed by atoms with Crippen LogP contribution < -0.4 is 9.47 Å². The van der Waals surface area contributed by atoms with Crippen molar-refractivity contribution in [3.8, 4) is 11.5 Å². The molecule has 5 nitrogen and oxygen atoms in total. The topological polar surface area (TPSA) is 59.0 Å². The van der Waals surface area contributed by atoms with Crippen molar-refractivity contribution in [3.63, 3.8) is 0 Å². The van der Waals surface area contributed by atoms with Crippen molar-refractivity contribution in [1.82, 2.24) is 4.90 Å². The Morgan fingerprint density at radius 1 is 1.04 bits per heavy atom. The zero-order chi connectivity index (χ0) is 18.0. The van der Waals surface area contributed by atoms with Gasteiger partial charge in [0.15, 0.2) is 0 Å². The van der Waals surface area contributed by atoms with Gasteiger partial charge < -0.3 is 19.5 Å². The smallest absolute Gasteiger partial charge is 0.490 e. The monoisotopic (exact) mass is 355 g/mol. The number of likely N-dealkylation sites (tertiary alicyclic amines) is 1. The Morgan fingerprint density at radius 2 is 1.54 bits per heavy atom. The van der Waals surface area contributed by atoms with Gasteiger partial charge in [-0.2, -0.15) is 22.0 Å². The molecule has 0 aliphatic carbocycles. The molecule has 134 valence electrons. The van der Waals surface area contributed by atoms with Crippen LogP contribution in [0.3, 0.4) is 0 Å². The highest BCUT2D eigenvalue weighted by molar-refractivity contribution is 5.65. The van der Waals surface area contributed by atoms with E-state index in [4.69, 9.17) is 9.84 Å². The predicted octanol–water partition coefficient (Wildman–Crippen LogP) is 3.74. The number of ether oxygens (including phenoxy) is 2. The van der Waals surface area contributed by atoms with Crippen molar-refractivity contribution in [1.29, 1.82) is 0 Å². The summed E-state index contributed by atoms with van der Waals surface area (Å²) in [5.74, 6) is -0.378. The minimum Gasteiger partial charge on any atom is -0.490 e. The fraction of sp³-hybridized carbons (Fsp3) is 0.500. The van der Waals surface area contributed by atoms with Crippen LogP contribution in [0.1, 0.15) is 12.8 Å². The third kappa shape index (κ3) is 4.39. The molecule has 1 amide bonds. The number of alkyl halides is 5. The second-order valence-electron chi connectivity index (χ2n) is 5.17. The summed E-state index contributed by atoms with van der Waals surface area (Å²) in [5, 5.41) is 8.82. The van der Waals surface area contributed by atoms with Gasteiger partial charge in [-0.1, -0.05) is 0 Å². The van der Waals surface area contributed by atoms with Crippen molar-refractivity contribution >= 4 is 6.09 Å². The molecule has 1 aromatic carbocycles. The van der Waals surface area contributed by atoms with Gasteiger partial charge in [-0.3, -0.25) is 0 Å². The van der Waals surface area contributed by atoms with Gasteiger partial charge in [-0.25, -0.2) is 4.79 Å². The lowest BCUT2D eigenvalue weighted by molar-refractivity contribution is -0.360. The van der Waals surface area contributed by atoms with Crippen LogP contribution in [-0.4, -0.2) is 47.6 Å². The van der Waals surface area contributed by atoms with Crippen molar-refractivity contribution in [2.75, 3.05) is 13.1 Å². The van der Waals surface area contributed by atoms with Gasteiger partial charge >= 0.3 is 18.4 Å². The molecule has 0 unspecified atom stereocenters. The molecule has 10 heteroatoms. The molecule has 0 aromatic heterocycles. The number of carboxylic acid groups (broad SMARTS) is 1. The van der Waals surface area contributed by atoms with Crippen LogP contribution >= 0.6 is 0 Å². The summed E-state index contributed by atoms with van der Waals surface area (Å²) in [7, 11) is 0. The van der Waals surface area contributed by atoms with Gasteiger partial charge in [0, 0.05) is 25.9 Å². The highest BCUT2D eigenvalue weighted by Gasteiger charge is 2.61. The fourth-order valence-electron chi connectivity index (χ4n) is 2.15. The van der Waals surface area contributed by atoms with Crippen LogP contribution in [0.15, 0.2) is 24.3 Å². The number of rotatable bonds is 4. The number of piperidine rings is 1. The molecule has 1 heterocycles. The summed E-state index contributed by atoms with van der Waals surface area (Å²) in [6.07, 6.45) is -11.4. The standard InChI is InChI=1S/C14H14F5NO4/c15-13(16,17)14(18,19)24-11-3-1-9(2-4-11)23-10-5-7-20(8-6-10)12(21)22/h1-4,10H,5-8H2,(H,21,22). The van der Waals surface area contributed by atoms with Crippen molar-refractivity contribution in [2.24, 2.45) is 0 Å². The summed E-state index contributed by atoms with van der Waals surface area (Å²) in [6.45, 7) is 0.609. The van der Waals surface area contributed by atoms with Gasteiger partial charge in [0.05, 0.1) is 0 Å². The Labute approximate surface area is 133 Å². The van der Waals surface area contributed by atoms with Gasteiger partial charge in [0.25, 0.3) is 0 Å². The molecule has 1 aromatic rings. The first-order valence-electron chi connectivity index (χ1n) is 6.96. The minimum atomic E-state index is -5.81. The van der Waals surface area contributed by atoms with Gasteiger partial charge in [0.2, 0.25) is 0 Å². The maximum absolute atomic E-state index is 12.8. The molecule has 0 radical (unpaired) electrons. The molecule has 2 rings (SSSR count). The number of benzene rings is 1. The first-order valence-corrected chi connectivity index (χ1v) is 6.96. The summed E-state index contributed by atoms with van der Waals surface area (Å²) in [5.41, 5.74) is 0. The molecular weight excluding hydrogens is 341 g/mol. The molecule has 24 heavy (non-hydrogen) atoms. The lowest BCUT2D eigenvalue weighted by Crippen LogP contribution is -2.41. The van der Waals surface area contributed by atoms with Crippen LogP contribution in [-0.2, 0) is 0 Å². The molecule has 0 atom stereocenters. The second-order valence-corrected chi connectivity index (χ2v) is 5.17. The maximum atomic E-state index is 12.8. The largest absolute Gasteiger partial charge is 0.499 e. The Kier molecular flexibility index (Phi) is 5.05. The lowest BCUT2D eigenvalue weighted by atomic mass is 10.1. The summed E-state index contributed by atoms with van der Waals surface area (Å²) < 4.78 is 70.9. The van der Waals surface area contributed by atoms with E-state index in [9.17, 15) is 26.7 Å². The quantitative estimate of drug-likeness (QED) is 0.836. The zero-order valence-corrected chi connectivity index (χ0v) is 12.2. The summed E-state index contributed by atoms with van der Waals surface area (Å²) >= 11 is 0. The Balaban J connectivity index is 1.90. The second kappa shape index (κ2) is 6.70. The number of hydrogen-bond donors (Lipinski definition) is 1. The van der Waals surface area contributed by atoms with E-state index < -0.39 is 24.1 Å². The van der Waals surface area contributed by atoms with Crippen LogP contribution in [0.25, 0.3) is 0 Å². The van der Waals surface area contributed by atoms with Gasteiger partial charge in [0.1, 0.15) is 17.6 Å². The molecule has 1 saturated heterocycles. The Hall–Kier alpha value is -2.26. The summed E-state index contributed by atoms with van der Waals surface area (Å²) in [4.78, 5) is 12.0. The Morgan fingerprint density at radius 3 is 2.00 bits per heavy atom. The van der Waals surface area contributed by atoms with Crippen LogP contribution in [0.5, 0.6) is 11.5 Å². The van der Waals surface area contributed by atoms with E-state index in [1.54, 1.807) is 0 Å². The molecule has 0 bridgehead atoms. The van der Waals surface area contributed by atoms with Crippen LogP contribution in [0, 0.1) is 0 Å². The predicted molar refractivity (Wildman–Crippen MR) is 71.3 cm³/mol. The van der Waals surface area contributed by atoms with E-state index in [-0.39, 0.29) is 11.9 Å². The van der Waals surface area contributed by atoms with Gasteiger partial charge in [-0.15, -0.1) is 0 Å². The van der Waals surface area contributed by atoms with E-state index in [1.807, 2.05) is 0 Å². The number of halogens is 5. The van der Waals surface area contributed by atoms with E-state index in [0.29, 0.717) is 25.9 Å². The highest BCUT2D eigenvalue weighted by atomic mass is 19.4. The average molecular weight is 355 g/mol. The van der Waals surface area contributed by atoms with Crippen molar-refractivity contribution < 1.29 is 41.3 Å². The normalized spacial score (nSPS) is 16.8. The SMILES string of the molecule is O=C(O)N1CCC(Oc2ccc(OC(F)(F)C(F)(F)F)cc2)CC1. The summed E-state index contributed by atoms with van der Waals surface area (Å²) in [6, 6.07) is 4.32. The van der Waals surface area contributed by atoms with E-state index in [0.717, 1.165) is 12.1 Å². The third-order valence-corrected chi connectivity index (χ3v) is 3.42. The van der Waals surface area contributed by atoms with E-state index >= 15 is 0 Å². The third-order valence-electron chi connectivity index (χ3n) is 3.42. The number of amides is 1. The zero-order valence-electron chi connectivity index (χ0n) is 12.2. The van der Waals surface area contributed by atoms with E-state index in [2.05, 4.69) is 4.74 Å². The molecule has 1 aliphatic heterocycles. The lowest BCUT2D eigenvalue weighted by Gasteiger charge is -2.30. The maximum Gasteiger partial charge on any atom is 0.499 e. The number of nitrogens with zero attached hydrogens (tertiary/aromatic N) is 1. The molecule has 0 spiro atoms. The van der Waals surface area contributed by atoms with Gasteiger partial charge in [-0.05, 0) is 24.3 Å². The number of carbonyl (C=O) groups is 1. The number of hydrogen-bond acceptors (Lipinski definition) is 3. The van der Waals surface area contributed by atoms with Crippen LogP contribution in [0.2, 0.25) is 0 Å². The average Bonchev–Trinajstić information content (AvgIpc) is 2.48. The van der Waals surface area contributed by atoms with Crippen LogP contribution in [0.4, 0.5) is 26.7 Å². The molecule has 1 N–H and O–H groups in total. The first kappa shape index (κ1) is 18.1. The fourth-order valence-corrected chi connectivity index (χ4v) is 2.15. The highest BCUT2D eigenvalue weighted by Crippen LogP contribution is 2.37. The van der Waals surface area contributed by atoms with E-state index in [1.165, 1.54) is 17.0 Å².